The quantitative estimate of drug-likeness (QED) is 0.375. The summed E-state index contributed by atoms with van der Waals surface area (Å²) in [6.07, 6.45) is 0. The summed E-state index contributed by atoms with van der Waals surface area (Å²) in [5, 5.41) is 12.6. The van der Waals surface area contributed by atoms with Gasteiger partial charge < -0.3 is 4.57 Å². The highest BCUT2D eigenvalue weighted by atomic mass is 32.2. The molecule has 0 saturated carbocycles. The lowest BCUT2D eigenvalue weighted by molar-refractivity contribution is 0.627. The van der Waals surface area contributed by atoms with Gasteiger partial charge in [0.2, 0.25) is 0 Å². The zero-order chi connectivity index (χ0) is 19.5. The smallest absolute Gasteiger partial charge is 0.191 e. The Balaban J connectivity index is 1.50. The van der Waals surface area contributed by atoms with Gasteiger partial charge in [0.05, 0.1) is 5.69 Å². The number of halogens is 1. The van der Waals surface area contributed by atoms with Crippen LogP contribution in [0.1, 0.15) is 18.2 Å². The number of nitrogens with zero attached hydrogens (tertiary/aromatic N) is 4. The third kappa shape index (κ3) is 4.00. The van der Waals surface area contributed by atoms with Crippen LogP contribution in [0.5, 0.6) is 0 Å². The summed E-state index contributed by atoms with van der Waals surface area (Å²) in [4.78, 5) is 4.77. The Morgan fingerprint density at radius 1 is 1.07 bits per heavy atom. The van der Waals surface area contributed by atoms with Crippen molar-refractivity contribution in [2.45, 2.75) is 31.3 Å². The largest absolute Gasteiger partial charge is 0.302 e. The Hall–Kier alpha value is -2.51. The molecule has 0 bridgehead atoms. The topological polar surface area (TPSA) is 43.6 Å². The lowest BCUT2D eigenvalue weighted by Crippen LogP contribution is -2.00. The average molecular weight is 411 g/mol. The van der Waals surface area contributed by atoms with Gasteiger partial charge in [-0.15, -0.1) is 21.5 Å². The maximum atomic E-state index is 13.2. The second-order valence-corrected chi connectivity index (χ2v) is 8.16. The molecule has 0 saturated heterocycles. The molecule has 0 radical (unpaired) electrons. The zero-order valence-electron chi connectivity index (χ0n) is 15.6. The first-order chi connectivity index (χ1) is 13.6. The van der Waals surface area contributed by atoms with Crippen molar-refractivity contribution < 1.29 is 4.39 Å². The average Bonchev–Trinajstić information content (AvgIpc) is 3.34. The summed E-state index contributed by atoms with van der Waals surface area (Å²) in [6.45, 7) is 4.89. The molecule has 0 aliphatic carbocycles. The van der Waals surface area contributed by atoms with Crippen molar-refractivity contribution >= 4 is 23.1 Å². The van der Waals surface area contributed by atoms with Gasteiger partial charge in [-0.1, -0.05) is 35.5 Å². The van der Waals surface area contributed by atoms with Crippen LogP contribution < -0.4 is 0 Å². The molecule has 0 aliphatic heterocycles. The molecule has 0 amide bonds. The molecule has 0 atom stereocenters. The minimum Gasteiger partial charge on any atom is -0.302 e. The highest BCUT2D eigenvalue weighted by Crippen LogP contribution is 2.29. The summed E-state index contributed by atoms with van der Waals surface area (Å²) in [6, 6.07) is 14.7. The van der Waals surface area contributed by atoms with E-state index >= 15 is 0 Å². The van der Waals surface area contributed by atoms with Crippen LogP contribution in [-0.2, 0) is 12.3 Å². The molecule has 0 N–H and O–H groups in total. The molecule has 7 heteroatoms. The predicted molar refractivity (Wildman–Crippen MR) is 113 cm³/mol. The highest BCUT2D eigenvalue weighted by molar-refractivity contribution is 7.98. The first-order valence-corrected chi connectivity index (χ1v) is 10.8. The van der Waals surface area contributed by atoms with Crippen molar-refractivity contribution in [3.63, 3.8) is 0 Å². The minimum absolute atomic E-state index is 0.256. The molecule has 0 spiro atoms. The van der Waals surface area contributed by atoms with E-state index in [0.717, 1.165) is 45.1 Å². The number of thiazole rings is 1. The van der Waals surface area contributed by atoms with Gasteiger partial charge in [0.25, 0.3) is 0 Å². The highest BCUT2D eigenvalue weighted by Gasteiger charge is 2.14. The van der Waals surface area contributed by atoms with E-state index < -0.39 is 0 Å². The Labute approximate surface area is 171 Å². The van der Waals surface area contributed by atoms with E-state index in [2.05, 4.69) is 53.7 Å². The maximum Gasteiger partial charge on any atom is 0.191 e. The standard InChI is InChI=1S/C21H19FN4S2/c1-3-26-19(15-7-9-17(22)10-8-15)24-25-21(26)28-13-18-12-27-20(23-18)16-6-4-5-14(2)11-16/h4-12H,3,13H2,1-2H3. The fraction of sp³-hybridized carbons (Fsp3) is 0.190. The molecule has 0 fully saturated rings. The molecular weight excluding hydrogens is 391 g/mol. The van der Waals surface area contributed by atoms with Gasteiger partial charge in [-0.2, -0.15) is 0 Å². The Morgan fingerprint density at radius 3 is 2.64 bits per heavy atom. The van der Waals surface area contributed by atoms with Crippen LogP contribution in [0.25, 0.3) is 22.0 Å². The number of thioether (sulfide) groups is 1. The summed E-state index contributed by atoms with van der Waals surface area (Å²) in [7, 11) is 0. The normalized spacial score (nSPS) is 11.1. The molecule has 142 valence electrons. The fourth-order valence-electron chi connectivity index (χ4n) is 2.92. The van der Waals surface area contributed by atoms with E-state index in [-0.39, 0.29) is 5.82 Å². The van der Waals surface area contributed by atoms with Crippen LogP contribution in [0.15, 0.2) is 59.1 Å². The Bertz CT molecular complexity index is 1090. The molecule has 4 nitrogen and oxygen atoms in total. The lowest BCUT2D eigenvalue weighted by atomic mass is 10.1. The number of rotatable bonds is 6. The zero-order valence-corrected chi connectivity index (χ0v) is 17.2. The number of aromatic nitrogens is 4. The van der Waals surface area contributed by atoms with E-state index in [1.54, 1.807) is 35.2 Å². The second kappa shape index (κ2) is 8.24. The van der Waals surface area contributed by atoms with Crippen LogP contribution in [0, 0.1) is 12.7 Å². The van der Waals surface area contributed by atoms with Crippen LogP contribution in [0.4, 0.5) is 4.39 Å². The molecule has 2 aromatic heterocycles. The summed E-state index contributed by atoms with van der Waals surface area (Å²) in [5.41, 5.74) is 4.27. The van der Waals surface area contributed by atoms with Gasteiger partial charge >= 0.3 is 0 Å². The molecule has 2 heterocycles. The number of hydrogen-bond acceptors (Lipinski definition) is 5. The third-order valence-corrected chi connectivity index (χ3v) is 6.24. The minimum atomic E-state index is -0.256. The molecule has 2 aromatic carbocycles. The van der Waals surface area contributed by atoms with Crippen LogP contribution >= 0.6 is 23.1 Å². The Kier molecular flexibility index (Phi) is 5.54. The third-order valence-electron chi connectivity index (χ3n) is 4.30. The van der Waals surface area contributed by atoms with E-state index in [1.807, 2.05) is 4.57 Å². The summed E-state index contributed by atoms with van der Waals surface area (Å²) >= 11 is 3.27. The van der Waals surface area contributed by atoms with Gasteiger partial charge in [-0.3, -0.25) is 0 Å². The van der Waals surface area contributed by atoms with Crippen LogP contribution in [0.2, 0.25) is 0 Å². The number of hydrogen-bond donors (Lipinski definition) is 0. The SMILES string of the molecule is CCn1c(SCc2csc(-c3cccc(C)c3)n2)nnc1-c1ccc(F)cc1. The van der Waals surface area contributed by atoms with Gasteiger partial charge in [0.15, 0.2) is 11.0 Å². The van der Waals surface area contributed by atoms with Crippen molar-refractivity contribution in [3.8, 4) is 22.0 Å². The number of aryl methyl sites for hydroxylation is 1. The predicted octanol–water partition coefficient (Wildman–Crippen LogP) is 5.83. The summed E-state index contributed by atoms with van der Waals surface area (Å²) < 4.78 is 15.2. The second-order valence-electron chi connectivity index (χ2n) is 6.36. The van der Waals surface area contributed by atoms with Gasteiger partial charge in [0, 0.05) is 28.8 Å². The van der Waals surface area contributed by atoms with Crippen molar-refractivity contribution in [1.29, 1.82) is 0 Å². The molecular formula is C21H19FN4S2. The van der Waals surface area contributed by atoms with E-state index in [4.69, 9.17) is 4.98 Å². The van der Waals surface area contributed by atoms with Crippen molar-refractivity contribution in [3.05, 3.63) is 71.0 Å². The van der Waals surface area contributed by atoms with Gasteiger partial charge in [-0.25, -0.2) is 9.37 Å². The Morgan fingerprint density at radius 2 is 1.89 bits per heavy atom. The molecule has 4 rings (SSSR count). The first-order valence-electron chi connectivity index (χ1n) is 8.97. The van der Waals surface area contributed by atoms with Crippen LogP contribution in [0.3, 0.4) is 0 Å². The van der Waals surface area contributed by atoms with E-state index in [9.17, 15) is 4.39 Å². The van der Waals surface area contributed by atoms with E-state index in [0.29, 0.717) is 0 Å². The van der Waals surface area contributed by atoms with Gasteiger partial charge in [0.1, 0.15) is 10.8 Å². The number of benzene rings is 2. The molecule has 0 unspecified atom stereocenters. The van der Waals surface area contributed by atoms with Gasteiger partial charge in [-0.05, 0) is 44.2 Å². The molecule has 28 heavy (non-hydrogen) atoms. The van der Waals surface area contributed by atoms with Crippen molar-refractivity contribution in [2.75, 3.05) is 0 Å². The summed E-state index contributed by atoms with van der Waals surface area (Å²) in [5.74, 6) is 1.22. The fourth-order valence-corrected chi connectivity index (χ4v) is 4.73. The first kappa shape index (κ1) is 18.8. The van der Waals surface area contributed by atoms with E-state index in [1.165, 1.54) is 17.7 Å². The monoisotopic (exact) mass is 410 g/mol. The van der Waals surface area contributed by atoms with Crippen LogP contribution in [-0.4, -0.2) is 19.7 Å². The lowest BCUT2D eigenvalue weighted by Gasteiger charge is -2.06. The van der Waals surface area contributed by atoms with Crippen molar-refractivity contribution in [1.82, 2.24) is 19.7 Å². The molecule has 4 aromatic rings. The maximum absolute atomic E-state index is 13.2. The van der Waals surface area contributed by atoms with Crippen molar-refractivity contribution in [2.24, 2.45) is 0 Å². The molecule has 0 aliphatic rings.